The van der Waals surface area contributed by atoms with Crippen LogP contribution >= 0.6 is 0 Å². The van der Waals surface area contributed by atoms with Crippen molar-refractivity contribution < 1.29 is 4.74 Å². The molecule has 0 fully saturated rings. The molecule has 0 aliphatic heterocycles. The molecule has 5 heteroatoms. The van der Waals surface area contributed by atoms with Crippen LogP contribution in [0.25, 0.3) is 0 Å². The predicted octanol–water partition coefficient (Wildman–Crippen LogP) is 1.40. The number of hydrogen-bond donors (Lipinski definition) is 1. The summed E-state index contributed by atoms with van der Waals surface area (Å²) >= 11 is 0. The van der Waals surface area contributed by atoms with Crippen molar-refractivity contribution >= 4 is 5.82 Å². The third kappa shape index (κ3) is 2.51. The molecule has 0 aliphatic carbocycles. The van der Waals surface area contributed by atoms with Gasteiger partial charge >= 0.3 is 0 Å². The van der Waals surface area contributed by atoms with Gasteiger partial charge in [-0.3, -0.25) is 4.79 Å². The van der Waals surface area contributed by atoms with E-state index in [1.54, 1.807) is 26.6 Å². The highest BCUT2D eigenvalue weighted by atomic mass is 16.5. The Morgan fingerprint density at radius 1 is 1.39 bits per heavy atom. The van der Waals surface area contributed by atoms with Gasteiger partial charge in [0.25, 0.3) is 5.56 Å². The van der Waals surface area contributed by atoms with E-state index in [4.69, 9.17) is 4.74 Å². The van der Waals surface area contributed by atoms with E-state index in [0.29, 0.717) is 12.4 Å². The summed E-state index contributed by atoms with van der Waals surface area (Å²) in [6, 6.07) is 7.66. The molecular weight excluding hydrogens is 230 g/mol. The minimum absolute atomic E-state index is 0.146. The Bertz CT molecular complexity index is 593. The highest BCUT2D eigenvalue weighted by molar-refractivity contribution is 5.38. The first kappa shape index (κ1) is 12.2. The molecule has 1 aromatic carbocycles. The largest absolute Gasteiger partial charge is 0.496 e. The Hall–Kier alpha value is -2.30. The molecule has 1 heterocycles. The van der Waals surface area contributed by atoms with Crippen LogP contribution < -0.4 is 15.6 Å². The molecule has 94 valence electrons. The molecule has 0 radical (unpaired) electrons. The number of hydrogen-bond acceptors (Lipinski definition) is 4. The number of nitrogens with zero attached hydrogens (tertiary/aromatic N) is 2. The Kier molecular flexibility index (Phi) is 3.62. The molecule has 18 heavy (non-hydrogen) atoms. The van der Waals surface area contributed by atoms with E-state index in [2.05, 4.69) is 10.3 Å². The van der Waals surface area contributed by atoms with Gasteiger partial charge in [-0.25, -0.2) is 4.98 Å². The second-order valence-electron chi connectivity index (χ2n) is 3.86. The number of benzene rings is 1. The molecular formula is C13H15N3O2. The zero-order valence-corrected chi connectivity index (χ0v) is 10.4. The van der Waals surface area contributed by atoms with Gasteiger partial charge in [-0.05, 0) is 6.07 Å². The van der Waals surface area contributed by atoms with E-state index < -0.39 is 0 Å². The van der Waals surface area contributed by atoms with Crippen LogP contribution in [0.3, 0.4) is 0 Å². The molecule has 0 saturated heterocycles. The van der Waals surface area contributed by atoms with Crippen molar-refractivity contribution in [2.75, 3.05) is 12.4 Å². The van der Waals surface area contributed by atoms with Gasteiger partial charge in [0.1, 0.15) is 5.75 Å². The first-order valence-corrected chi connectivity index (χ1v) is 5.60. The summed E-state index contributed by atoms with van der Waals surface area (Å²) in [4.78, 5) is 15.8. The fraction of sp³-hybridized carbons (Fsp3) is 0.231. The lowest BCUT2D eigenvalue weighted by Crippen LogP contribution is -2.21. The average molecular weight is 245 g/mol. The Morgan fingerprint density at radius 2 is 2.17 bits per heavy atom. The maximum Gasteiger partial charge on any atom is 0.293 e. The lowest BCUT2D eigenvalue weighted by Gasteiger charge is -2.09. The number of aromatic nitrogens is 2. The topological polar surface area (TPSA) is 56.1 Å². The fourth-order valence-corrected chi connectivity index (χ4v) is 1.65. The normalized spacial score (nSPS) is 10.1. The molecule has 5 nitrogen and oxygen atoms in total. The van der Waals surface area contributed by atoms with Gasteiger partial charge in [0.15, 0.2) is 5.82 Å². The van der Waals surface area contributed by atoms with Crippen molar-refractivity contribution in [2.24, 2.45) is 7.05 Å². The summed E-state index contributed by atoms with van der Waals surface area (Å²) in [6.07, 6.45) is 3.21. The van der Waals surface area contributed by atoms with Gasteiger partial charge in [0.2, 0.25) is 0 Å². The predicted molar refractivity (Wildman–Crippen MR) is 69.8 cm³/mol. The van der Waals surface area contributed by atoms with E-state index in [1.807, 2.05) is 24.3 Å². The van der Waals surface area contributed by atoms with Crippen molar-refractivity contribution in [1.82, 2.24) is 9.55 Å². The first-order chi connectivity index (χ1) is 8.72. The monoisotopic (exact) mass is 245 g/mol. The molecule has 1 aromatic heterocycles. The van der Waals surface area contributed by atoms with Crippen molar-refractivity contribution in [3.8, 4) is 5.75 Å². The highest BCUT2D eigenvalue weighted by Gasteiger charge is 2.04. The summed E-state index contributed by atoms with van der Waals surface area (Å²) in [5.41, 5.74) is 0.833. The van der Waals surface area contributed by atoms with Crippen LogP contribution in [0, 0.1) is 0 Å². The summed E-state index contributed by atoms with van der Waals surface area (Å²) < 4.78 is 6.73. The second kappa shape index (κ2) is 5.35. The van der Waals surface area contributed by atoms with E-state index in [-0.39, 0.29) is 5.56 Å². The van der Waals surface area contributed by atoms with E-state index in [9.17, 15) is 4.79 Å². The first-order valence-electron chi connectivity index (χ1n) is 5.60. The van der Waals surface area contributed by atoms with Gasteiger partial charge in [-0.2, -0.15) is 0 Å². The quantitative estimate of drug-likeness (QED) is 0.884. The number of ether oxygens (including phenoxy) is 1. The molecule has 0 bridgehead atoms. The van der Waals surface area contributed by atoms with Gasteiger partial charge in [-0.1, -0.05) is 18.2 Å². The summed E-state index contributed by atoms with van der Waals surface area (Å²) in [5.74, 6) is 1.13. The standard InChI is InChI=1S/C13H15N3O2/c1-16-8-7-14-12(13(16)17)15-9-10-5-3-4-6-11(10)18-2/h3-8H,9H2,1-2H3,(H,14,15). The molecule has 0 aliphatic rings. The third-order valence-corrected chi connectivity index (χ3v) is 2.66. The zero-order chi connectivity index (χ0) is 13.0. The Labute approximate surface area is 105 Å². The van der Waals surface area contributed by atoms with Crippen LogP contribution in [-0.2, 0) is 13.6 Å². The van der Waals surface area contributed by atoms with Crippen LogP contribution in [0.15, 0.2) is 41.5 Å². The highest BCUT2D eigenvalue weighted by Crippen LogP contribution is 2.17. The van der Waals surface area contributed by atoms with Crippen molar-refractivity contribution in [2.45, 2.75) is 6.54 Å². The smallest absolute Gasteiger partial charge is 0.293 e. The molecule has 0 spiro atoms. The molecule has 0 unspecified atom stereocenters. The Morgan fingerprint density at radius 3 is 2.94 bits per heavy atom. The van der Waals surface area contributed by atoms with Crippen LogP contribution in [-0.4, -0.2) is 16.7 Å². The average Bonchev–Trinajstić information content (AvgIpc) is 2.41. The van der Waals surface area contributed by atoms with Gasteiger partial charge in [0.05, 0.1) is 7.11 Å². The third-order valence-electron chi connectivity index (χ3n) is 2.66. The van der Waals surface area contributed by atoms with Crippen LogP contribution in [0.4, 0.5) is 5.82 Å². The minimum atomic E-state index is -0.146. The number of rotatable bonds is 4. The summed E-state index contributed by atoms with van der Waals surface area (Å²) in [7, 11) is 3.32. The number of aryl methyl sites for hydroxylation is 1. The fourth-order valence-electron chi connectivity index (χ4n) is 1.65. The lowest BCUT2D eigenvalue weighted by atomic mass is 10.2. The van der Waals surface area contributed by atoms with E-state index >= 15 is 0 Å². The maximum atomic E-state index is 11.8. The number of methoxy groups -OCH3 is 1. The van der Waals surface area contributed by atoms with Gasteiger partial charge in [-0.15, -0.1) is 0 Å². The van der Waals surface area contributed by atoms with Gasteiger partial charge in [0, 0.05) is 31.5 Å². The molecule has 0 atom stereocenters. The number of anilines is 1. The zero-order valence-electron chi connectivity index (χ0n) is 10.4. The molecule has 0 amide bonds. The minimum Gasteiger partial charge on any atom is -0.496 e. The van der Waals surface area contributed by atoms with Crippen molar-refractivity contribution in [3.05, 3.63) is 52.6 Å². The van der Waals surface area contributed by atoms with Crippen molar-refractivity contribution in [1.29, 1.82) is 0 Å². The van der Waals surface area contributed by atoms with Gasteiger partial charge < -0.3 is 14.6 Å². The number of nitrogens with one attached hydrogen (secondary N) is 1. The van der Waals surface area contributed by atoms with Crippen molar-refractivity contribution in [3.63, 3.8) is 0 Å². The molecule has 2 rings (SSSR count). The number of para-hydroxylation sites is 1. The SMILES string of the molecule is COc1ccccc1CNc1nccn(C)c1=O. The van der Waals surface area contributed by atoms with Crippen LogP contribution in [0.5, 0.6) is 5.75 Å². The lowest BCUT2D eigenvalue weighted by molar-refractivity contribution is 0.410. The van der Waals surface area contributed by atoms with Crippen LogP contribution in [0.2, 0.25) is 0 Å². The molecule has 2 aromatic rings. The van der Waals surface area contributed by atoms with Crippen LogP contribution in [0.1, 0.15) is 5.56 Å². The van der Waals surface area contributed by atoms with E-state index in [1.165, 1.54) is 4.57 Å². The van der Waals surface area contributed by atoms with E-state index in [0.717, 1.165) is 11.3 Å². The summed E-state index contributed by atoms with van der Waals surface area (Å²) in [5, 5.41) is 3.02. The molecule has 1 N–H and O–H groups in total. The summed E-state index contributed by atoms with van der Waals surface area (Å²) in [6.45, 7) is 0.496. The molecule has 0 saturated carbocycles. The second-order valence-corrected chi connectivity index (χ2v) is 3.86. The Balaban J connectivity index is 2.17. The maximum absolute atomic E-state index is 11.8.